The molecule has 0 heterocycles. The standard InChI is InChI=1S/C24H24N2O3/c1-16-13-14-19(15-17(16)2)25-24(28)21-11-7-8-12-22(21)26-23(27)18(3)29-20-9-5-4-6-10-20/h4-15,18H,1-3H3,(H,25,28)(H,26,27). The Kier molecular flexibility index (Phi) is 6.29. The van der Waals surface area contributed by atoms with Crippen LogP contribution < -0.4 is 15.4 Å². The molecule has 148 valence electrons. The van der Waals surface area contributed by atoms with E-state index in [2.05, 4.69) is 10.6 Å². The van der Waals surface area contributed by atoms with Gasteiger partial charge in [0.25, 0.3) is 11.8 Å². The highest BCUT2D eigenvalue weighted by Gasteiger charge is 2.18. The first-order valence-electron chi connectivity index (χ1n) is 9.44. The molecule has 3 aromatic rings. The van der Waals surface area contributed by atoms with E-state index in [-0.39, 0.29) is 11.8 Å². The van der Waals surface area contributed by atoms with E-state index in [1.807, 2.05) is 50.2 Å². The monoisotopic (exact) mass is 388 g/mol. The Morgan fingerprint density at radius 1 is 0.828 bits per heavy atom. The van der Waals surface area contributed by atoms with Gasteiger partial charge in [-0.05, 0) is 68.3 Å². The fourth-order valence-corrected chi connectivity index (χ4v) is 2.80. The molecule has 5 nitrogen and oxygen atoms in total. The largest absolute Gasteiger partial charge is 0.481 e. The lowest BCUT2D eigenvalue weighted by Gasteiger charge is -2.16. The first kappa shape index (κ1) is 20.1. The fraction of sp³-hybridized carbons (Fsp3) is 0.167. The molecule has 0 aliphatic heterocycles. The Hall–Kier alpha value is -3.60. The van der Waals surface area contributed by atoms with E-state index in [1.54, 1.807) is 43.3 Å². The Morgan fingerprint density at radius 2 is 1.52 bits per heavy atom. The molecule has 5 heteroatoms. The third-order valence-corrected chi connectivity index (χ3v) is 4.62. The molecule has 0 fully saturated rings. The number of carbonyl (C=O) groups is 2. The summed E-state index contributed by atoms with van der Waals surface area (Å²) in [5, 5.41) is 5.68. The van der Waals surface area contributed by atoms with Crippen molar-refractivity contribution in [3.8, 4) is 5.75 Å². The molecule has 0 aliphatic rings. The van der Waals surface area contributed by atoms with Crippen LogP contribution in [-0.4, -0.2) is 17.9 Å². The Bertz CT molecular complexity index is 1020. The topological polar surface area (TPSA) is 67.4 Å². The first-order valence-corrected chi connectivity index (χ1v) is 9.44. The van der Waals surface area contributed by atoms with Crippen molar-refractivity contribution in [1.82, 2.24) is 0 Å². The molecule has 0 spiro atoms. The summed E-state index contributed by atoms with van der Waals surface area (Å²) >= 11 is 0. The molecule has 2 N–H and O–H groups in total. The van der Waals surface area contributed by atoms with Gasteiger partial charge in [0, 0.05) is 5.69 Å². The second-order valence-corrected chi connectivity index (χ2v) is 6.86. The molecule has 1 unspecified atom stereocenters. The summed E-state index contributed by atoms with van der Waals surface area (Å²) in [6.07, 6.45) is -0.715. The fourth-order valence-electron chi connectivity index (χ4n) is 2.80. The number of aryl methyl sites for hydroxylation is 2. The quantitative estimate of drug-likeness (QED) is 0.627. The summed E-state index contributed by atoms with van der Waals surface area (Å²) in [5.41, 5.74) is 3.77. The third-order valence-electron chi connectivity index (χ3n) is 4.62. The zero-order valence-corrected chi connectivity index (χ0v) is 16.7. The minimum absolute atomic E-state index is 0.291. The lowest BCUT2D eigenvalue weighted by atomic mass is 10.1. The van der Waals surface area contributed by atoms with Crippen LogP contribution in [0.4, 0.5) is 11.4 Å². The average Bonchev–Trinajstić information content (AvgIpc) is 2.72. The molecule has 0 radical (unpaired) electrons. The van der Waals surface area contributed by atoms with Gasteiger partial charge in [0.2, 0.25) is 0 Å². The van der Waals surface area contributed by atoms with Gasteiger partial charge in [-0.1, -0.05) is 36.4 Å². The summed E-state index contributed by atoms with van der Waals surface area (Å²) in [4.78, 5) is 25.3. The van der Waals surface area contributed by atoms with E-state index >= 15 is 0 Å². The zero-order valence-electron chi connectivity index (χ0n) is 16.7. The summed E-state index contributed by atoms with van der Waals surface area (Å²) < 4.78 is 5.66. The highest BCUT2D eigenvalue weighted by molar-refractivity contribution is 6.10. The maximum Gasteiger partial charge on any atom is 0.265 e. The third kappa shape index (κ3) is 5.23. The molecule has 2 amide bonds. The predicted molar refractivity (Wildman–Crippen MR) is 115 cm³/mol. The molecule has 0 saturated carbocycles. The van der Waals surface area contributed by atoms with Gasteiger partial charge in [0.05, 0.1) is 11.3 Å². The van der Waals surface area contributed by atoms with E-state index in [0.29, 0.717) is 22.7 Å². The van der Waals surface area contributed by atoms with Crippen molar-refractivity contribution in [1.29, 1.82) is 0 Å². The van der Waals surface area contributed by atoms with E-state index in [0.717, 1.165) is 11.1 Å². The number of hydrogen-bond acceptors (Lipinski definition) is 3. The van der Waals surface area contributed by atoms with Crippen molar-refractivity contribution in [2.75, 3.05) is 10.6 Å². The SMILES string of the molecule is Cc1ccc(NC(=O)c2ccccc2NC(=O)C(C)Oc2ccccc2)cc1C. The molecule has 0 bridgehead atoms. The van der Waals surface area contributed by atoms with E-state index in [4.69, 9.17) is 4.74 Å². The smallest absolute Gasteiger partial charge is 0.265 e. The van der Waals surface area contributed by atoms with Crippen LogP contribution in [0, 0.1) is 13.8 Å². The minimum Gasteiger partial charge on any atom is -0.481 e. The van der Waals surface area contributed by atoms with E-state index in [9.17, 15) is 9.59 Å². The summed E-state index contributed by atoms with van der Waals surface area (Å²) in [5.74, 6) is -0.0167. The van der Waals surface area contributed by atoms with Crippen molar-refractivity contribution >= 4 is 23.2 Å². The molecule has 0 saturated heterocycles. The molecule has 0 aliphatic carbocycles. The zero-order chi connectivity index (χ0) is 20.8. The number of anilines is 2. The normalized spacial score (nSPS) is 11.4. The van der Waals surface area contributed by atoms with Crippen LogP contribution in [0.15, 0.2) is 72.8 Å². The molecular weight excluding hydrogens is 364 g/mol. The maximum atomic E-state index is 12.8. The first-order chi connectivity index (χ1) is 13.9. The number of amides is 2. The summed E-state index contributed by atoms with van der Waals surface area (Å²) in [7, 11) is 0. The molecule has 1 atom stereocenters. The van der Waals surface area contributed by atoms with Crippen LogP contribution in [-0.2, 0) is 4.79 Å². The van der Waals surface area contributed by atoms with Gasteiger partial charge in [0.15, 0.2) is 6.10 Å². The maximum absolute atomic E-state index is 12.8. The van der Waals surface area contributed by atoms with Gasteiger partial charge >= 0.3 is 0 Å². The van der Waals surface area contributed by atoms with Gasteiger partial charge < -0.3 is 15.4 Å². The van der Waals surface area contributed by atoms with Crippen molar-refractivity contribution < 1.29 is 14.3 Å². The predicted octanol–water partition coefficient (Wildman–Crippen LogP) is 4.96. The van der Waals surface area contributed by atoms with Crippen molar-refractivity contribution in [3.63, 3.8) is 0 Å². The van der Waals surface area contributed by atoms with Crippen molar-refractivity contribution in [2.24, 2.45) is 0 Å². The van der Waals surface area contributed by atoms with Crippen LogP contribution in [0.1, 0.15) is 28.4 Å². The molecule has 0 aromatic heterocycles. The lowest BCUT2D eigenvalue weighted by molar-refractivity contribution is -0.122. The average molecular weight is 388 g/mol. The summed E-state index contributed by atoms with van der Waals surface area (Å²) in [6, 6.07) is 21.8. The van der Waals surface area contributed by atoms with Crippen LogP contribution >= 0.6 is 0 Å². The minimum atomic E-state index is -0.715. The van der Waals surface area contributed by atoms with Gasteiger partial charge in [-0.15, -0.1) is 0 Å². The van der Waals surface area contributed by atoms with Gasteiger partial charge in [-0.25, -0.2) is 0 Å². The van der Waals surface area contributed by atoms with Gasteiger partial charge in [0.1, 0.15) is 5.75 Å². The van der Waals surface area contributed by atoms with Crippen molar-refractivity contribution in [2.45, 2.75) is 26.9 Å². The highest BCUT2D eigenvalue weighted by atomic mass is 16.5. The van der Waals surface area contributed by atoms with E-state index < -0.39 is 6.10 Å². The number of nitrogens with one attached hydrogen (secondary N) is 2. The number of rotatable bonds is 6. The summed E-state index contributed by atoms with van der Waals surface area (Å²) in [6.45, 7) is 5.68. The Morgan fingerprint density at radius 3 is 2.24 bits per heavy atom. The molecule has 3 aromatic carbocycles. The second kappa shape index (κ2) is 9.06. The molecular formula is C24H24N2O3. The number of ether oxygens (including phenoxy) is 1. The highest BCUT2D eigenvalue weighted by Crippen LogP contribution is 2.20. The molecule has 29 heavy (non-hydrogen) atoms. The van der Waals surface area contributed by atoms with Crippen LogP contribution in [0.25, 0.3) is 0 Å². The van der Waals surface area contributed by atoms with Crippen LogP contribution in [0.2, 0.25) is 0 Å². The number of para-hydroxylation sites is 2. The second-order valence-electron chi connectivity index (χ2n) is 6.86. The van der Waals surface area contributed by atoms with Gasteiger partial charge in [-0.2, -0.15) is 0 Å². The number of hydrogen-bond donors (Lipinski definition) is 2. The van der Waals surface area contributed by atoms with Gasteiger partial charge in [-0.3, -0.25) is 9.59 Å². The van der Waals surface area contributed by atoms with Crippen molar-refractivity contribution in [3.05, 3.63) is 89.5 Å². The van der Waals surface area contributed by atoms with Crippen LogP contribution in [0.3, 0.4) is 0 Å². The Balaban J connectivity index is 1.71. The lowest BCUT2D eigenvalue weighted by Crippen LogP contribution is -2.31. The number of carbonyl (C=O) groups excluding carboxylic acids is 2. The Labute approximate surface area is 170 Å². The van der Waals surface area contributed by atoms with Crippen LogP contribution in [0.5, 0.6) is 5.75 Å². The molecule has 3 rings (SSSR count). The number of benzene rings is 3. The van der Waals surface area contributed by atoms with E-state index in [1.165, 1.54) is 0 Å².